The Morgan fingerprint density at radius 1 is 0.658 bits per heavy atom. The third kappa shape index (κ3) is 27.5. The van der Waals surface area contributed by atoms with Crippen LogP contribution < -0.4 is 0 Å². The van der Waals surface area contributed by atoms with Crippen LogP contribution in [0.15, 0.2) is 24.8 Å². The van der Waals surface area contributed by atoms with E-state index < -0.39 is 17.9 Å². The van der Waals surface area contributed by atoms with E-state index in [2.05, 4.69) is 25.7 Å². The molecule has 0 bridgehead atoms. The zero-order chi connectivity index (χ0) is 27.9. The molecule has 0 heterocycles. The van der Waals surface area contributed by atoms with E-state index in [0.29, 0.717) is 12.8 Å². The normalized spacial score (nSPS) is 12.1. The summed E-state index contributed by atoms with van der Waals surface area (Å²) in [6.07, 6.45) is 37.2. The number of esters is 1. The second kappa shape index (κ2) is 30.0. The SMILES string of the molecule is C=CCOC(=O)CC(CC/C=C/CCCCCCCCCCCCCCCCCCCCCCC)C(=O)O. The Kier molecular flexibility index (Phi) is 28.7. The van der Waals surface area contributed by atoms with Crippen molar-refractivity contribution in [3.63, 3.8) is 0 Å². The molecule has 1 N–H and O–H groups in total. The number of rotatable bonds is 30. The van der Waals surface area contributed by atoms with Gasteiger partial charge in [0.1, 0.15) is 6.61 Å². The largest absolute Gasteiger partial charge is 0.481 e. The molecule has 0 spiro atoms. The summed E-state index contributed by atoms with van der Waals surface area (Å²) in [6, 6.07) is 0. The van der Waals surface area contributed by atoms with Gasteiger partial charge in [0, 0.05) is 0 Å². The van der Waals surface area contributed by atoms with Gasteiger partial charge in [0.15, 0.2) is 0 Å². The number of aliphatic carboxylic acids is 1. The molecule has 222 valence electrons. The van der Waals surface area contributed by atoms with Crippen molar-refractivity contribution in [3.8, 4) is 0 Å². The lowest BCUT2D eigenvalue weighted by molar-refractivity contribution is -0.151. The Hall–Kier alpha value is -1.58. The molecular formula is C34H62O4. The molecule has 0 fully saturated rings. The highest BCUT2D eigenvalue weighted by Crippen LogP contribution is 2.16. The number of hydrogen-bond acceptors (Lipinski definition) is 3. The second-order valence-electron chi connectivity index (χ2n) is 11.1. The number of carbonyl (C=O) groups excluding carboxylic acids is 1. The van der Waals surface area contributed by atoms with Crippen molar-refractivity contribution in [1.82, 2.24) is 0 Å². The van der Waals surface area contributed by atoms with Crippen LogP contribution in [-0.4, -0.2) is 23.7 Å². The molecule has 38 heavy (non-hydrogen) atoms. The second-order valence-corrected chi connectivity index (χ2v) is 11.1. The first-order chi connectivity index (χ1) is 18.6. The fourth-order valence-corrected chi connectivity index (χ4v) is 4.95. The van der Waals surface area contributed by atoms with Gasteiger partial charge in [-0.25, -0.2) is 0 Å². The Labute approximate surface area is 236 Å². The number of unbranched alkanes of at least 4 members (excludes halogenated alkanes) is 21. The van der Waals surface area contributed by atoms with Crippen LogP contribution in [0.4, 0.5) is 0 Å². The predicted octanol–water partition coefficient (Wildman–Crippen LogP) is 10.7. The zero-order valence-electron chi connectivity index (χ0n) is 25.1. The maximum absolute atomic E-state index is 11.6. The van der Waals surface area contributed by atoms with E-state index in [1.807, 2.05) is 0 Å². The molecule has 4 nitrogen and oxygen atoms in total. The number of carbonyl (C=O) groups is 2. The van der Waals surface area contributed by atoms with Crippen LogP contribution in [0.3, 0.4) is 0 Å². The third-order valence-electron chi connectivity index (χ3n) is 7.45. The molecule has 0 aliphatic carbocycles. The molecule has 0 aliphatic rings. The Morgan fingerprint density at radius 2 is 1.05 bits per heavy atom. The van der Waals surface area contributed by atoms with E-state index in [1.54, 1.807) is 0 Å². The van der Waals surface area contributed by atoms with E-state index in [0.717, 1.165) is 6.42 Å². The van der Waals surface area contributed by atoms with Gasteiger partial charge in [-0.3, -0.25) is 9.59 Å². The molecule has 0 aromatic carbocycles. The van der Waals surface area contributed by atoms with Gasteiger partial charge >= 0.3 is 11.9 Å². The molecule has 0 radical (unpaired) electrons. The predicted molar refractivity (Wildman–Crippen MR) is 163 cm³/mol. The first-order valence-corrected chi connectivity index (χ1v) is 16.3. The molecule has 0 aromatic rings. The van der Waals surface area contributed by atoms with E-state index in [1.165, 1.54) is 141 Å². The van der Waals surface area contributed by atoms with Gasteiger partial charge in [0.05, 0.1) is 12.3 Å². The standard InChI is InChI=1S/C34H62O4/c1-3-5-6-7-8-9-10-11-12-13-14-15-16-17-18-19-20-21-22-23-24-25-26-27-28-29-32(34(36)37)31-33(35)38-30-4-2/h4,26-27,32H,2-3,5-25,28-31H2,1H3,(H,36,37)/b27-26+. The van der Waals surface area contributed by atoms with Gasteiger partial charge in [0.25, 0.3) is 0 Å². The number of allylic oxidation sites excluding steroid dienone is 2. The topological polar surface area (TPSA) is 63.6 Å². The lowest BCUT2D eigenvalue weighted by Crippen LogP contribution is -2.19. The van der Waals surface area contributed by atoms with Crippen LogP contribution in [0, 0.1) is 5.92 Å². The maximum atomic E-state index is 11.6. The summed E-state index contributed by atoms with van der Waals surface area (Å²) < 4.78 is 4.89. The van der Waals surface area contributed by atoms with Gasteiger partial charge in [0.2, 0.25) is 0 Å². The summed E-state index contributed by atoms with van der Waals surface area (Å²) in [5.41, 5.74) is 0. The summed E-state index contributed by atoms with van der Waals surface area (Å²) in [5, 5.41) is 9.28. The van der Waals surface area contributed by atoms with Crippen LogP contribution in [0.1, 0.15) is 167 Å². The molecule has 0 rings (SSSR count). The van der Waals surface area contributed by atoms with E-state index >= 15 is 0 Å². The van der Waals surface area contributed by atoms with Crippen LogP contribution in [0.2, 0.25) is 0 Å². The lowest BCUT2D eigenvalue weighted by atomic mass is 9.99. The average molecular weight is 535 g/mol. The van der Waals surface area contributed by atoms with Crippen LogP contribution in [0.5, 0.6) is 0 Å². The van der Waals surface area contributed by atoms with E-state index in [-0.39, 0.29) is 13.0 Å². The maximum Gasteiger partial charge on any atom is 0.307 e. The summed E-state index contributed by atoms with van der Waals surface area (Å²) in [5.74, 6) is -2.08. The molecule has 0 aliphatic heterocycles. The highest BCUT2D eigenvalue weighted by molar-refractivity contribution is 5.78. The summed E-state index contributed by atoms with van der Waals surface area (Å²) in [4.78, 5) is 22.9. The van der Waals surface area contributed by atoms with Crippen molar-refractivity contribution < 1.29 is 19.4 Å². The monoisotopic (exact) mass is 534 g/mol. The fraction of sp³-hybridized carbons (Fsp3) is 0.824. The lowest BCUT2D eigenvalue weighted by Gasteiger charge is -2.10. The zero-order valence-corrected chi connectivity index (χ0v) is 25.1. The molecule has 0 saturated heterocycles. The minimum Gasteiger partial charge on any atom is -0.481 e. The van der Waals surface area contributed by atoms with Gasteiger partial charge in [-0.2, -0.15) is 0 Å². The number of carboxylic acids is 1. The molecule has 1 atom stereocenters. The van der Waals surface area contributed by atoms with Crippen LogP contribution in [-0.2, 0) is 14.3 Å². The van der Waals surface area contributed by atoms with Crippen LogP contribution >= 0.6 is 0 Å². The van der Waals surface area contributed by atoms with Crippen molar-refractivity contribution in [1.29, 1.82) is 0 Å². The summed E-state index contributed by atoms with van der Waals surface area (Å²) >= 11 is 0. The van der Waals surface area contributed by atoms with Gasteiger partial charge < -0.3 is 9.84 Å². The molecule has 0 aromatic heterocycles. The summed E-state index contributed by atoms with van der Waals surface area (Å²) in [6.45, 7) is 5.90. The summed E-state index contributed by atoms with van der Waals surface area (Å²) in [7, 11) is 0. The van der Waals surface area contributed by atoms with Crippen molar-refractivity contribution in [2.75, 3.05) is 6.61 Å². The van der Waals surface area contributed by atoms with Crippen molar-refractivity contribution in [2.45, 2.75) is 167 Å². The van der Waals surface area contributed by atoms with E-state index in [9.17, 15) is 14.7 Å². The first-order valence-electron chi connectivity index (χ1n) is 16.3. The third-order valence-corrected chi connectivity index (χ3v) is 7.45. The number of ether oxygens (including phenoxy) is 1. The van der Waals surface area contributed by atoms with Gasteiger partial charge in [-0.05, 0) is 25.7 Å². The number of hydrogen-bond donors (Lipinski definition) is 1. The Bertz CT molecular complexity index is 569. The van der Waals surface area contributed by atoms with Gasteiger partial charge in [-0.1, -0.05) is 160 Å². The van der Waals surface area contributed by atoms with Crippen molar-refractivity contribution >= 4 is 11.9 Å². The number of carboxylic acid groups (broad SMARTS) is 1. The molecule has 0 saturated carbocycles. The molecule has 4 heteroatoms. The highest BCUT2D eigenvalue weighted by Gasteiger charge is 2.21. The molecule has 1 unspecified atom stereocenters. The molecule has 0 amide bonds. The van der Waals surface area contributed by atoms with Crippen molar-refractivity contribution in [3.05, 3.63) is 24.8 Å². The Morgan fingerprint density at radius 3 is 1.45 bits per heavy atom. The fourth-order valence-electron chi connectivity index (χ4n) is 4.95. The van der Waals surface area contributed by atoms with Crippen molar-refractivity contribution in [2.24, 2.45) is 5.92 Å². The molecular weight excluding hydrogens is 472 g/mol. The smallest absolute Gasteiger partial charge is 0.307 e. The van der Waals surface area contributed by atoms with Crippen LogP contribution in [0.25, 0.3) is 0 Å². The minimum atomic E-state index is -0.932. The average Bonchev–Trinajstić information content (AvgIpc) is 2.91. The first kappa shape index (κ1) is 36.4. The Balaban J connectivity index is 3.35. The quantitative estimate of drug-likeness (QED) is 0.0565. The van der Waals surface area contributed by atoms with Gasteiger partial charge in [-0.15, -0.1) is 0 Å². The van der Waals surface area contributed by atoms with E-state index in [4.69, 9.17) is 4.74 Å². The minimum absolute atomic E-state index is 0.0730. The highest BCUT2D eigenvalue weighted by atomic mass is 16.5.